The summed E-state index contributed by atoms with van der Waals surface area (Å²) in [7, 11) is 1.50. The van der Waals surface area contributed by atoms with Gasteiger partial charge in [-0.2, -0.15) is 0 Å². The summed E-state index contributed by atoms with van der Waals surface area (Å²) in [5.74, 6) is -0.594. The topological polar surface area (TPSA) is 93.5 Å². The van der Waals surface area contributed by atoms with Crippen LogP contribution in [0, 0.1) is 11.8 Å². The van der Waals surface area contributed by atoms with Crippen molar-refractivity contribution >= 4 is 11.8 Å². The van der Waals surface area contributed by atoms with Crippen LogP contribution in [-0.4, -0.2) is 37.2 Å². The van der Waals surface area contributed by atoms with E-state index in [1.165, 1.54) is 7.11 Å². The Kier molecular flexibility index (Phi) is 7.63. The Morgan fingerprint density at radius 1 is 0.947 bits per heavy atom. The highest BCUT2D eigenvalue weighted by molar-refractivity contribution is 5.90. The van der Waals surface area contributed by atoms with Gasteiger partial charge in [0, 0.05) is 7.11 Å². The van der Waals surface area contributed by atoms with Crippen molar-refractivity contribution < 1.29 is 14.3 Å². The molecule has 6 heteroatoms. The van der Waals surface area contributed by atoms with Crippen LogP contribution >= 0.6 is 0 Å². The Morgan fingerprint density at radius 3 is 1.84 bits per heavy atom. The first kappa shape index (κ1) is 17.9. The molecule has 0 aliphatic rings. The number of nitrogens with two attached hydrogens (primary N) is 1. The first-order valence-electron chi connectivity index (χ1n) is 6.59. The molecule has 19 heavy (non-hydrogen) atoms. The number of hydrogen-bond acceptors (Lipinski definition) is 4. The van der Waals surface area contributed by atoms with Crippen LogP contribution < -0.4 is 16.4 Å². The third kappa shape index (κ3) is 6.02. The summed E-state index contributed by atoms with van der Waals surface area (Å²) >= 11 is 0. The molecular formula is C13H27N3O3. The molecule has 0 aliphatic carbocycles. The van der Waals surface area contributed by atoms with E-state index in [1.54, 1.807) is 6.92 Å². The van der Waals surface area contributed by atoms with Gasteiger partial charge in [0.05, 0.1) is 6.04 Å². The number of amides is 2. The van der Waals surface area contributed by atoms with Crippen LogP contribution in [0.15, 0.2) is 0 Å². The molecule has 2 amide bonds. The lowest BCUT2D eigenvalue weighted by atomic mass is 10.0. The second-order valence-corrected chi connectivity index (χ2v) is 5.39. The molecule has 0 aromatic carbocycles. The molecule has 4 N–H and O–H groups in total. The summed E-state index contributed by atoms with van der Waals surface area (Å²) < 4.78 is 4.97. The molecule has 6 nitrogen and oxygen atoms in total. The van der Waals surface area contributed by atoms with Gasteiger partial charge in [-0.05, 0) is 18.8 Å². The molecule has 0 radical (unpaired) electrons. The lowest BCUT2D eigenvalue weighted by Crippen LogP contribution is -2.56. The van der Waals surface area contributed by atoms with E-state index in [0.717, 1.165) is 0 Å². The van der Waals surface area contributed by atoms with Crippen LogP contribution in [0.25, 0.3) is 0 Å². The molecule has 112 valence electrons. The van der Waals surface area contributed by atoms with Gasteiger partial charge in [0.1, 0.15) is 12.3 Å². The normalized spacial score (nSPS) is 16.1. The highest BCUT2D eigenvalue weighted by atomic mass is 16.5. The van der Waals surface area contributed by atoms with Gasteiger partial charge in [0.15, 0.2) is 0 Å². The summed E-state index contributed by atoms with van der Waals surface area (Å²) in [6.45, 7) is 9.17. The van der Waals surface area contributed by atoms with E-state index in [9.17, 15) is 9.59 Å². The number of nitrogens with one attached hydrogen (secondary N) is 2. The zero-order valence-electron chi connectivity index (χ0n) is 12.7. The lowest BCUT2D eigenvalue weighted by Gasteiger charge is -2.25. The van der Waals surface area contributed by atoms with Crippen LogP contribution in [0.2, 0.25) is 0 Å². The van der Waals surface area contributed by atoms with Crippen molar-refractivity contribution in [3.05, 3.63) is 0 Å². The standard InChI is InChI=1S/C13H27N3O3/c1-7(2)10(14)12(17)16-11(8(3)4)13(18)15-9(5)19-6/h7-11H,14H2,1-6H3,(H,15,18)(H,16,17)/t9?,10-,11-/m0/s1. The van der Waals surface area contributed by atoms with Gasteiger partial charge in [0.25, 0.3) is 0 Å². The van der Waals surface area contributed by atoms with Crippen molar-refractivity contribution in [2.24, 2.45) is 17.6 Å². The summed E-state index contributed by atoms with van der Waals surface area (Å²) in [6, 6.07) is -1.23. The van der Waals surface area contributed by atoms with Gasteiger partial charge in [0.2, 0.25) is 11.8 Å². The van der Waals surface area contributed by atoms with Crippen LogP contribution in [0.5, 0.6) is 0 Å². The van der Waals surface area contributed by atoms with E-state index < -0.39 is 18.3 Å². The molecule has 0 saturated carbocycles. The quantitative estimate of drug-likeness (QED) is 0.578. The molecule has 0 spiro atoms. The summed E-state index contributed by atoms with van der Waals surface area (Å²) in [4.78, 5) is 23.9. The van der Waals surface area contributed by atoms with Crippen LogP contribution in [-0.2, 0) is 14.3 Å². The first-order valence-corrected chi connectivity index (χ1v) is 6.59. The zero-order chi connectivity index (χ0) is 15.2. The van der Waals surface area contributed by atoms with E-state index >= 15 is 0 Å². The van der Waals surface area contributed by atoms with Crippen molar-refractivity contribution in [1.29, 1.82) is 0 Å². The Labute approximate surface area is 115 Å². The number of hydrogen-bond donors (Lipinski definition) is 3. The summed E-state index contributed by atoms with van der Waals surface area (Å²) in [6.07, 6.45) is -0.399. The van der Waals surface area contributed by atoms with Gasteiger partial charge < -0.3 is 21.1 Å². The lowest BCUT2D eigenvalue weighted by molar-refractivity contribution is -0.133. The van der Waals surface area contributed by atoms with Crippen molar-refractivity contribution in [3.8, 4) is 0 Å². The van der Waals surface area contributed by atoms with E-state index in [-0.39, 0.29) is 23.7 Å². The molecule has 0 heterocycles. The van der Waals surface area contributed by atoms with Gasteiger partial charge in [-0.15, -0.1) is 0 Å². The van der Waals surface area contributed by atoms with E-state index in [2.05, 4.69) is 10.6 Å². The number of carbonyl (C=O) groups excluding carboxylic acids is 2. The molecule has 0 aromatic heterocycles. The number of ether oxygens (including phenoxy) is 1. The van der Waals surface area contributed by atoms with Crippen molar-refractivity contribution in [1.82, 2.24) is 10.6 Å². The molecule has 0 saturated heterocycles. The van der Waals surface area contributed by atoms with Crippen LogP contribution in [0.4, 0.5) is 0 Å². The Balaban J connectivity index is 4.66. The Bertz CT molecular complexity index is 306. The maximum absolute atomic E-state index is 12.0. The molecule has 0 aromatic rings. The highest BCUT2D eigenvalue weighted by Crippen LogP contribution is 2.05. The van der Waals surface area contributed by atoms with Crippen molar-refractivity contribution in [3.63, 3.8) is 0 Å². The Morgan fingerprint density at radius 2 is 1.47 bits per heavy atom. The third-order valence-corrected chi connectivity index (χ3v) is 2.97. The fourth-order valence-electron chi connectivity index (χ4n) is 1.44. The van der Waals surface area contributed by atoms with Crippen molar-refractivity contribution in [2.45, 2.75) is 52.9 Å². The van der Waals surface area contributed by atoms with E-state index in [0.29, 0.717) is 0 Å². The Hall–Kier alpha value is -1.14. The fourth-order valence-corrected chi connectivity index (χ4v) is 1.44. The SMILES string of the molecule is COC(C)NC(=O)[C@@H](NC(=O)[C@@H](N)C(C)C)C(C)C. The average Bonchev–Trinajstić information content (AvgIpc) is 2.33. The highest BCUT2D eigenvalue weighted by Gasteiger charge is 2.28. The van der Waals surface area contributed by atoms with E-state index in [4.69, 9.17) is 10.5 Å². The summed E-state index contributed by atoms with van der Waals surface area (Å²) in [5.41, 5.74) is 5.77. The van der Waals surface area contributed by atoms with Crippen LogP contribution in [0.1, 0.15) is 34.6 Å². The minimum absolute atomic E-state index is 0.0220. The number of rotatable bonds is 7. The first-order chi connectivity index (χ1) is 8.70. The molecule has 0 bridgehead atoms. The fraction of sp³-hybridized carbons (Fsp3) is 0.846. The predicted octanol–water partition coefficient (Wildman–Crippen LogP) is 0.219. The third-order valence-electron chi connectivity index (χ3n) is 2.97. The van der Waals surface area contributed by atoms with E-state index in [1.807, 2.05) is 27.7 Å². The van der Waals surface area contributed by atoms with Gasteiger partial charge in [-0.3, -0.25) is 9.59 Å². The largest absolute Gasteiger partial charge is 0.362 e. The molecule has 1 unspecified atom stereocenters. The predicted molar refractivity (Wildman–Crippen MR) is 74.2 cm³/mol. The summed E-state index contributed by atoms with van der Waals surface area (Å²) in [5, 5.41) is 5.36. The average molecular weight is 273 g/mol. The van der Waals surface area contributed by atoms with Gasteiger partial charge >= 0.3 is 0 Å². The number of carbonyl (C=O) groups is 2. The maximum atomic E-state index is 12.0. The molecule has 0 fully saturated rings. The minimum Gasteiger partial charge on any atom is -0.362 e. The molecule has 3 atom stereocenters. The van der Waals surface area contributed by atoms with Gasteiger partial charge in [-0.1, -0.05) is 27.7 Å². The van der Waals surface area contributed by atoms with Crippen molar-refractivity contribution in [2.75, 3.05) is 7.11 Å². The van der Waals surface area contributed by atoms with Crippen LogP contribution in [0.3, 0.4) is 0 Å². The maximum Gasteiger partial charge on any atom is 0.244 e. The molecule has 0 aliphatic heterocycles. The molecular weight excluding hydrogens is 246 g/mol. The minimum atomic E-state index is -0.617. The van der Waals surface area contributed by atoms with Gasteiger partial charge in [-0.25, -0.2) is 0 Å². The monoisotopic (exact) mass is 273 g/mol. The number of methoxy groups -OCH3 is 1. The second-order valence-electron chi connectivity index (χ2n) is 5.39. The second kappa shape index (κ2) is 8.12. The molecule has 0 rings (SSSR count). The zero-order valence-corrected chi connectivity index (χ0v) is 12.7. The smallest absolute Gasteiger partial charge is 0.244 e.